The standard InChI is InChI=1S/C10H18NO/c1-3-4-5-6-8-11-9-7-10(2)12-11/h7,9H,3-6,8H2,1-2H3/q+1. The molecule has 0 aliphatic rings. The molecular formula is C10H18NO+. The van der Waals surface area contributed by atoms with Gasteiger partial charge in [0.25, 0.3) is 0 Å². The maximum Gasteiger partial charge on any atom is 0.219 e. The molecule has 12 heavy (non-hydrogen) atoms. The molecular weight excluding hydrogens is 150 g/mol. The lowest BCUT2D eigenvalue weighted by molar-refractivity contribution is -0.864. The second-order valence-electron chi connectivity index (χ2n) is 3.22. The van der Waals surface area contributed by atoms with Crippen LogP contribution < -0.4 is 4.74 Å². The number of hydrogen-bond donors (Lipinski definition) is 0. The number of unbranched alkanes of at least 4 members (excludes halogenated alkanes) is 3. The van der Waals surface area contributed by atoms with Crippen molar-refractivity contribution in [1.82, 2.24) is 0 Å². The summed E-state index contributed by atoms with van der Waals surface area (Å²) in [5.41, 5.74) is 0. The Morgan fingerprint density at radius 3 is 2.75 bits per heavy atom. The van der Waals surface area contributed by atoms with E-state index in [0.717, 1.165) is 12.3 Å². The van der Waals surface area contributed by atoms with Gasteiger partial charge in [0, 0.05) is 13.3 Å². The predicted molar refractivity (Wildman–Crippen MR) is 47.8 cm³/mol. The van der Waals surface area contributed by atoms with E-state index in [2.05, 4.69) is 6.92 Å². The molecule has 0 amide bonds. The third-order valence-electron chi connectivity index (χ3n) is 1.97. The normalized spacial score (nSPS) is 10.5. The highest BCUT2D eigenvalue weighted by atomic mass is 16.5. The molecule has 1 rings (SSSR count). The fraction of sp³-hybridized carbons (Fsp3) is 0.700. The van der Waals surface area contributed by atoms with Gasteiger partial charge in [-0.1, -0.05) is 19.8 Å². The Bertz CT molecular complexity index is 217. The molecule has 0 N–H and O–H groups in total. The largest absolute Gasteiger partial charge is 0.242 e. The summed E-state index contributed by atoms with van der Waals surface area (Å²) in [6.07, 6.45) is 7.16. The van der Waals surface area contributed by atoms with Crippen LogP contribution in [0.4, 0.5) is 0 Å². The Morgan fingerprint density at radius 1 is 1.33 bits per heavy atom. The number of aryl methyl sites for hydroxylation is 2. The molecule has 0 unspecified atom stereocenters. The van der Waals surface area contributed by atoms with Crippen LogP contribution in [0.25, 0.3) is 0 Å². The van der Waals surface area contributed by atoms with E-state index >= 15 is 0 Å². The molecule has 0 aliphatic carbocycles. The quantitative estimate of drug-likeness (QED) is 0.487. The summed E-state index contributed by atoms with van der Waals surface area (Å²) >= 11 is 0. The lowest BCUT2D eigenvalue weighted by atomic mass is 10.2. The number of hydrogen-bond acceptors (Lipinski definition) is 1. The van der Waals surface area contributed by atoms with Crippen LogP contribution >= 0.6 is 0 Å². The first kappa shape index (κ1) is 9.30. The zero-order valence-corrected chi connectivity index (χ0v) is 8.05. The van der Waals surface area contributed by atoms with Crippen molar-refractivity contribution in [2.45, 2.75) is 46.1 Å². The van der Waals surface area contributed by atoms with Gasteiger partial charge < -0.3 is 0 Å². The van der Waals surface area contributed by atoms with E-state index in [4.69, 9.17) is 4.52 Å². The van der Waals surface area contributed by atoms with Crippen LogP contribution in [0.3, 0.4) is 0 Å². The molecule has 0 fully saturated rings. The highest BCUT2D eigenvalue weighted by molar-refractivity contribution is 4.84. The summed E-state index contributed by atoms with van der Waals surface area (Å²) in [5.74, 6) is 0.991. The molecule has 2 heteroatoms. The molecule has 0 spiro atoms. The number of nitrogens with zero attached hydrogens (tertiary/aromatic N) is 1. The Hall–Kier alpha value is -0.790. The van der Waals surface area contributed by atoms with E-state index in [0.29, 0.717) is 0 Å². The monoisotopic (exact) mass is 168 g/mol. The number of rotatable bonds is 5. The SMILES string of the molecule is CCCCCC[n+]1ccc(C)o1. The van der Waals surface area contributed by atoms with Gasteiger partial charge in [-0.3, -0.25) is 0 Å². The highest BCUT2D eigenvalue weighted by Gasteiger charge is 2.03. The predicted octanol–water partition coefficient (Wildman–Crippen LogP) is 2.46. The van der Waals surface area contributed by atoms with Crippen LogP contribution in [0, 0.1) is 6.92 Å². The minimum absolute atomic E-state index is 0.991. The summed E-state index contributed by atoms with van der Waals surface area (Å²) in [6, 6.07) is 2.00. The molecule has 0 aliphatic heterocycles. The third kappa shape index (κ3) is 3.07. The molecule has 1 heterocycles. The lowest BCUT2D eigenvalue weighted by Gasteiger charge is -1.91. The average Bonchev–Trinajstić information content (AvgIpc) is 2.45. The molecule has 0 saturated carbocycles. The van der Waals surface area contributed by atoms with Crippen molar-refractivity contribution >= 4 is 0 Å². The molecule has 0 bridgehead atoms. The van der Waals surface area contributed by atoms with Crippen molar-refractivity contribution in [3.63, 3.8) is 0 Å². The van der Waals surface area contributed by atoms with E-state index < -0.39 is 0 Å². The molecule has 0 atom stereocenters. The molecule has 1 aromatic rings. The fourth-order valence-corrected chi connectivity index (χ4v) is 1.25. The van der Waals surface area contributed by atoms with Crippen LogP contribution in [0.5, 0.6) is 0 Å². The van der Waals surface area contributed by atoms with Gasteiger partial charge >= 0.3 is 0 Å². The Morgan fingerprint density at radius 2 is 2.17 bits per heavy atom. The molecule has 0 aromatic carbocycles. The van der Waals surface area contributed by atoms with Gasteiger partial charge in [0.2, 0.25) is 6.20 Å². The Balaban J connectivity index is 2.15. The van der Waals surface area contributed by atoms with Crippen LogP contribution in [0.15, 0.2) is 16.8 Å². The fourth-order valence-electron chi connectivity index (χ4n) is 1.25. The zero-order valence-electron chi connectivity index (χ0n) is 8.05. The molecule has 0 radical (unpaired) electrons. The first-order valence-corrected chi connectivity index (χ1v) is 4.79. The van der Waals surface area contributed by atoms with Crippen LogP contribution in [0.1, 0.15) is 38.4 Å². The summed E-state index contributed by atoms with van der Waals surface area (Å²) in [6.45, 7) is 5.22. The van der Waals surface area contributed by atoms with Crippen molar-refractivity contribution in [1.29, 1.82) is 0 Å². The van der Waals surface area contributed by atoms with Gasteiger partial charge in [0.1, 0.15) is 0 Å². The van der Waals surface area contributed by atoms with Crippen LogP contribution in [-0.2, 0) is 6.54 Å². The molecule has 68 valence electrons. The molecule has 0 saturated heterocycles. The second-order valence-corrected chi connectivity index (χ2v) is 3.22. The van der Waals surface area contributed by atoms with Gasteiger partial charge in [-0.25, -0.2) is 4.52 Å². The van der Waals surface area contributed by atoms with Gasteiger partial charge in [-0.05, 0) is 11.2 Å². The smallest absolute Gasteiger partial charge is 0.219 e. The van der Waals surface area contributed by atoms with Crippen molar-refractivity contribution in [2.75, 3.05) is 0 Å². The Labute approximate surface area is 74.2 Å². The first-order valence-electron chi connectivity index (χ1n) is 4.79. The van der Waals surface area contributed by atoms with Crippen molar-refractivity contribution in [2.24, 2.45) is 0 Å². The van der Waals surface area contributed by atoms with E-state index in [1.807, 2.05) is 23.9 Å². The van der Waals surface area contributed by atoms with E-state index in [9.17, 15) is 0 Å². The lowest BCUT2D eigenvalue weighted by Crippen LogP contribution is -2.30. The second kappa shape index (κ2) is 4.96. The molecule has 2 nitrogen and oxygen atoms in total. The minimum atomic E-state index is 0.991. The first-order chi connectivity index (χ1) is 5.83. The van der Waals surface area contributed by atoms with Crippen molar-refractivity contribution < 1.29 is 9.26 Å². The highest BCUT2D eigenvalue weighted by Crippen LogP contribution is 1.99. The third-order valence-corrected chi connectivity index (χ3v) is 1.97. The molecule has 1 aromatic heterocycles. The maximum absolute atomic E-state index is 5.38. The summed E-state index contributed by atoms with van der Waals surface area (Å²) in [7, 11) is 0. The van der Waals surface area contributed by atoms with E-state index in [1.165, 1.54) is 25.7 Å². The van der Waals surface area contributed by atoms with Gasteiger partial charge in [-0.2, -0.15) is 0 Å². The minimum Gasteiger partial charge on any atom is -0.242 e. The average molecular weight is 168 g/mol. The van der Waals surface area contributed by atoms with E-state index in [-0.39, 0.29) is 0 Å². The van der Waals surface area contributed by atoms with Gasteiger partial charge in [0.05, 0.1) is 6.07 Å². The van der Waals surface area contributed by atoms with Gasteiger partial charge in [-0.15, -0.1) is 0 Å². The van der Waals surface area contributed by atoms with Crippen molar-refractivity contribution in [3.8, 4) is 0 Å². The number of aromatic nitrogens is 1. The van der Waals surface area contributed by atoms with E-state index in [1.54, 1.807) is 0 Å². The van der Waals surface area contributed by atoms with Crippen LogP contribution in [-0.4, -0.2) is 0 Å². The summed E-state index contributed by atoms with van der Waals surface area (Å²) in [4.78, 5) is 0. The van der Waals surface area contributed by atoms with Crippen molar-refractivity contribution in [3.05, 3.63) is 18.0 Å². The Kier molecular flexibility index (Phi) is 3.85. The summed E-state index contributed by atoms with van der Waals surface area (Å²) in [5, 5.41) is 0. The van der Waals surface area contributed by atoms with Crippen LogP contribution in [0.2, 0.25) is 0 Å². The topological polar surface area (TPSA) is 17.0 Å². The maximum atomic E-state index is 5.38. The zero-order chi connectivity index (χ0) is 8.81. The van der Waals surface area contributed by atoms with Gasteiger partial charge in [0.15, 0.2) is 12.3 Å². The summed E-state index contributed by atoms with van der Waals surface area (Å²) < 4.78 is 7.29.